The zero-order valence-electron chi connectivity index (χ0n) is 14.3. The molecule has 1 saturated carbocycles. The van der Waals surface area contributed by atoms with Gasteiger partial charge in [-0.05, 0) is 49.8 Å². The highest BCUT2D eigenvalue weighted by molar-refractivity contribution is 5.79. The summed E-state index contributed by atoms with van der Waals surface area (Å²) in [7, 11) is 0. The van der Waals surface area contributed by atoms with E-state index in [0.717, 1.165) is 61.7 Å². The van der Waals surface area contributed by atoms with Crippen molar-refractivity contribution in [1.82, 2.24) is 10.6 Å². The Morgan fingerprint density at radius 3 is 2.96 bits per heavy atom. The maximum atomic E-state index is 5.65. The van der Waals surface area contributed by atoms with Crippen LogP contribution in [0.3, 0.4) is 0 Å². The maximum absolute atomic E-state index is 5.65. The van der Waals surface area contributed by atoms with Gasteiger partial charge in [0.15, 0.2) is 17.5 Å². The lowest BCUT2D eigenvalue weighted by Gasteiger charge is -2.11. The Morgan fingerprint density at radius 2 is 2.12 bits per heavy atom. The molecule has 2 N–H and O–H groups in total. The maximum Gasteiger partial charge on any atom is 0.231 e. The molecule has 0 bridgehead atoms. The smallest absolute Gasteiger partial charge is 0.231 e. The molecule has 6 heteroatoms. The molecule has 0 amide bonds. The molecule has 0 aromatic heterocycles. The molecule has 1 aromatic carbocycles. The summed E-state index contributed by atoms with van der Waals surface area (Å²) < 4.78 is 16.4. The van der Waals surface area contributed by atoms with E-state index >= 15 is 0 Å². The van der Waals surface area contributed by atoms with E-state index in [1.807, 2.05) is 18.2 Å². The molecule has 1 aliphatic heterocycles. The molecule has 132 valence electrons. The molecule has 2 aliphatic rings. The number of ether oxygens (including phenoxy) is 3. The highest BCUT2D eigenvalue weighted by atomic mass is 16.7. The summed E-state index contributed by atoms with van der Waals surface area (Å²) in [4.78, 5) is 4.62. The van der Waals surface area contributed by atoms with Crippen molar-refractivity contribution in [2.45, 2.75) is 32.7 Å². The average Bonchev–Trinajstić information content (AvgIpc) is 3.30. The van der Waals surface area contributed by atoms with Crippen molar-refractivity contribution in [3.63, 3.8) is 0 Å². The predicted molar refractivity (Wildman–Crippen MR) is 93.5 cm³/mol. The van der Waals surface area contributed by atoms with E-state index in [1.54, 1.807) is 0 Å². The lowest BCUT2D eigenvalue weighted by Crippen LogP contribution is -2.38. The fourth-order valence-electron chi connectivity index (χ4n) is 2.47. The van der Waals surface area contributed by atoms with Crippen molar-refractivity contribution < 1.29 is 14.2 Å². The van der Waals surface area contributed by atoms with Crippen molar-refractivity contribution in [1.29, 1.82) is 0 Å². The van der Waals surface area contributed by atoms with Crippen LogP contribution in [-0.4, -0.2) is 39.1 Å². The molecule has 0 saturated heterocycles. The Kier molecular flexibility index (Phi) is 6.18. The van der Waals surface area contributed by atoms with Crippen LogP contribution in [0.5, 0.6) is 11.5 Å². The molecule has 0 spiro atoms. The first-order chi connectivity index (χ1) is 11.8. The Hall–Kier alpha value is -1.95. The summed E-state index contributed by atoms with van der Waals surface area (Å²) >= 11 is 0. The van der Waals surface area contributed by atoms with Crippen LogP contribution in [0.4, 0.5) is 0 Å². The highest BCUT2D eigenvalue weighted by Crippen LogP contribution is 2.32. The summed E-state index contributed by atoms with van der Waals surface area (Å²) in [6.45, 7) is 6.40. The molecule has 1 fully saturated rings. The Bertz CT molecular complexity index is 558. The zero-order chi connectivity index (χ0) is 16.6. The minimum absolute atomic E-state index is 0.301. The fraction of sp³-hybridized carbons (Fsp3) is 0.611. The van der Waals surface area contributed by atoms with Crippen LogP contribution < -0.4 is 20.1 Å². The SMILES string of the molecule is CCNC(=NCc1ccc2c(c1)OCO2)NCCCOCC1CC1. The van der Waals surface area contributed by atoms with E-state index in [1.165, 1.54) is 12.8 Å². The fourth-order valence-corrected chi connectivity index (χ4v) is 2.47. The summed E-state index contributed by atoms with van der Waals surface area (Å²) in [5.74, 6) is 3.27. The Morgan fingerprint density at radius 1 is 1.25 bits per heavy atom. The van der Waals surface area contributed by atoms with E-state index in [9.17, 15) is 0 Å². The second-order valence-electron chi connectivity index (χ2n) is 6.18. The van der Waals surface area contributed by atoms with Crippen LogP contribution >= 0.6 is 0 Å². The predicted octanol–water partition coefficient (Wildman–Crippen LogP) is 2.29. The van der Waals surface area contributed by atoms with Crippen LogP contribution in [0.1, 0.15) is 31.7 Å². The van der Waals surface area contributed by atoms with Gasteiger partial charge in [0.2, 0.25) is 6.79 Å². The van der Waals surface area contributed by atoms with Gasteiger partial charge >= 0.3 is 0 Å². The van der Waals surface area contributed by atoms with Gasteiger partial charge in [-0.1, -0.05) is 6.07 Å². The quantitative estimate of drug-likeness (QED) is 0.412. The van der Waals surface area contributed by atoms with Gasteiger partial charge in [-0.3, -0.25) is 0 Å². The molecule has 3 rings (SSSR count). The summed E-state index contributed by atoms with van der Waals surface area (Å²) in [6.07, 6.45) is 3.67. The second-order valence-corrected chi connectivity index (χ2v) is 6.18. The molecule has 1 aromatic rings. The van der Waals surface area contributed by atoms with Gasteiger partial charge < -0.3 is 24.8 Å². The van der Waals surface area contributed by atoms with Gasteiger partial charge in [0.1, 0.15) is 0 Å². The Balaban J connectivity index is 1.40. The van der Waals surface area contributed by atoms with Crippen molar-refractivity contribution in [3.05, 3.63) is 23.8 Å². The standard InChI is InChI=1S/C18H27N3O3/c1-2-19-18(20-8-3-9-22-12-14-4-5-14)21-11-15-6-7-16-17(10-15)24-13-23-16/h6-7,10,14H,2-5,8-9,11-13H2,1H3,(H2,19,20,21). The first kappa shape index (κ1) is 16.9. The van der Waals surface area contributed by atoms with Gasteiger partial charge in [-0.2, -0.15) is 0 Å². The molecule has 24 heavy (non-hydrogen) atoms. The minimum Gasteiger partial charge on any atom is -0.454 e. The lowest BCUT2D eigenvalue weighted by atomic mass is 10.2. The molecule has 0 radical (unpaired) electrons. The molecular formula is C18H27N3O3. The van der Waals surface area contributed by atoms with E-state index in [4.69, 9.17) is 14.2 Å². The highest BCUT2D eigenvalue weighted by Gasteiger charge is 2.20. The van der Waals surface area contributed by atoms with E-state index < -0.39 is 0 Å². The number of nitrogens with one attached hydrogen (secondary N) is 2. The number of nitrogens with zero attached hydrogens (tertiary/aromatic N) is 1. The lowest BCUT2D eigenvalue weighted by molar-refractivity contribution is 0.123. The van der Waals surface area contributed by atoms with Crippen molar-refractivity contribution in [3.8, 4) is 11.5 Å². The number of guanidine groups is 1. The molecule has 0 atom stereocenters. The van der Waals surface area contributed by atoms with Gasteiger partial charge in [-0.25, -0.2) is 4.99 Å². The van der Waals surface area contributed by atoms with Crippen LogP contribution in [0.25, 0.3) is 0 Å². The van der Waals surface area contributed by atoms with Gasteiger partial charge in [0.05, 0.1) is 6.54 Å². The molecule has 1 heterocycles. The minimum atomic E-state index is 0.301. The van der Waals surface area contributed by atoms with Crippen molar-refractivity contribution in [2.75, 3.05) is 33.1 Å². The summed E-state index contributed by atoms with van der Waals surface area (Å²) in [6, 6.07) is 5.94. The van der Waals surface area contributed by atoms with Gasteiger partial charge in [-0.15, -0.1) is 0 Å². The van der Waals surface area contributed by atoms with Gasteiger partial charge in [0.25, 0.3) is 0 Å². The van der Waals surface area contributed by atoms with E-state index in [0.29, 0.717) is 13.3 Å². The number of hydrogen-bond donors (Lipinski definition) is 2. The molecule has 0 unspecified atom stereocenters. The second kappa shape index (κ2) is 8.78. The number of benzene rings is 1. The zero-order valence-corrected chi connectivity index (χ0v) is 14.3. The summed E-state index contributed by atoms with van der Waals surface area (Å²) in [5.41, 5.74) is 1.10. The number of fused-ring (bicyclic) bond motifs is 1. The van der Waals surface area contributed by atoms with Gasteiger partial charge in [0, 0.05) is 26.3 Å². The Labute approximate surface area is 143 Å². The average molecular weight is 333 g/mol. The van der Waals surface area contributed by atoms with Crippen LogP contribution in [0.2, 0.25) is 0 Å². The third kappa shape index (κ3) is 5.30. The van der Waals surface area contributed by atoms with Crippen molar-refractivity contribution in [2.24, 2.45) is 10.9 Å². The topological polar surface area (TPSA) is 64.1 Å². The van der Waals surface area contributed by atoms with Crippen LogP contribution in [0.15, 0.2) is 23.2 Å². The largest absolute Gasteiger partial charge is 0.454 e. The molecular weight excluding hydrogens is 306 g/mol. The summed E-state index contributed by atoms with van der Waals surface area (Å²) in [5, 5.41) is 6.62. The van der Waals surface area contributed by atoms with E-state index in [2.05, 4.69) is 22.5 Å². The third-order valence-corrected chi connectivity index (χ3v) is 4.01. The van der Waals surface area contributed by atoms with Crippen LogP contribution in [0, 0.1) is 5.92 Å². The number of hydrogen-bond acceptors (Lipinski definition) is 4. The van der Waals surface area contributed by atoms with Crippen molar-refractivity contribution >= 4 is 5.96 Å². The molecule has 1 aliphatic carbocycles. The van der Waals surface area contributed by atoms with E-state index in [-0.39, 0.29) is 0 Å². The number of rotatable bonds is 9. The first-order valence-electron chi connectivity index (χ1n) is 8.83. The number of aliphatic imine (C=N–C) groups is 1. The normalized spacial score (nSPS) is 16.3. The molecule has 6 nitrogen and oxygen atoms in total. The van der Waals surface area contributed by atoms with Crippen LogP contribution in [-0.2, 0) is 11.3 Å². The first-order valence-corrected chi connectivity index (χ1v) is 8.83. The third-order valence-electron chi connectivity index (χ3n) is 4.01. The monoisotopic (exact) mass is 333 g/mol.